The van der Waals surface area contributed by atoms with Crippen LogP contribution in [0, 0.1) is 0 Å². The Morgan fingerprint density at radius 2 is 2.13 bits per heavy atom. The van der Waals surface area contributed by atoms with E-state index in [2.05, 4.69) is 19.1 Å². The number of methoxy groups -OCH3 is 1. The lowest BCUT2D eigenvalue weighted by Crippen LogP contribution is -1.98. The Balaban J connectivity index is 2.34. The molecule has 2 rings (SSSR count). The van der Waals surface area contributed by atoms with E-state index in [0.29, 0.717) is 0 Å². The van der Waals surface area contributed by atoms with Crippen molar-refractivity contribution in [2.24, 2.45) is 0 Å². The molecule has 0 aliphatic heterocycles. The van der Waals surface area contributed by atoms with Crippen LogP contribution in [-0.2, 0) is 4.74 Å². The standard InChI is InChI=1S/C13H16O2/c1-3-6-12(14-2)13-9-10-7-4-5-8-11(10)15-13/h4-5,7-9,12H,3,6H2,1-2H3. The Bertz CT molecular complexity index is 398. The Labute approximate surface area is 89.8 Å². The van der Waals surface area contributed by atoms with E-state index >= 15 is 0 Å². The van der Waals surface area contributed by atoms with Gasteiger partial charge in [0.15, 0.2) is 0 Å². The normalized spacial score (nSPS) is 13.2. The fourth-order valence-corrected chi connectivity index (χ4v) is 1.80. The average Bonchev–Trinajstić information content (AvgIpc) is 2.69. The molecule has 0 bridgehead atoms. The first-order chi connectivity index (χ1) is 7.35. The van der Waals surface area contributed by atoms with Crippen molar-refractivity contribution >= 4 is 11.0 Å². The SMILES string of the molecule is CCCC(OC)c1cc2ccccc2o1. The highest BCUT2D eigenvalue weighted by molar-refractivity contribution is 5.77. The molecule has 0 aliphatic rings. The molecule has 1 atom stereocenters. The van der Waals surface area contributed by atoms with Crippen LogP contribution in [-0.4, -0.2) is 7.11 Å². The van der Waals surface area contributed by atoms with Crippen LogP contribution >= 0.6 is 0 Å². The molecule has 0 fully saturated rings. The number of hydrogen-bond acceptors (Lipinski definition) is 2. The predicted molar refractivity (Wildman–Crippen MR) is 60.9 cm³/mol. The Morgan fingerprint density at radius 1 is 1.33 bits per heavy atom. The molecule has 0 saturated carbocycles. The molecule has 1 unspecified atom stereocenters. The molecule has 2 heteroatoms. The first-order valence-electron chi connectivity index (χ1n) is 5.36. The second-order valence-corrected chi connectivity index (χ2v) is 3.70. The van der Waals surface area contributed by atoms with Crippen LogP contribution in [0.3, 0.4) is 0 Å². The van der Waals surface area contributed by atoms with Gasteiger partial charge in [-0.05, 0) is 18.6 Å². The minimum atomic E-state index is 0.0856. The summed E-state index contributed by atoms with van der Waals surface area (Å²) in [6.07, 6.45) is 2.17. The third-order valence-corrected chi connectivity index (χ3v) is 2.60. The number of para-hydroxylation sites is 1. The molecule has 0 radical (unpaired) electrons. The van der Waals surface area contributed by atoms with Gasteiger partial charge in [0.2, 0.25) is 0 Å². The molecule has 0 saturated heterocycles. The minimum Gasteiger partial charge on any atom is -0.458 e. The van der Waals surface area contributed by atoms with Gasteiger partial charge in [0.1, 0.15) is 17.4 Å². The third-order valence-electron chi connectivity index (χ3n) is 2.60. The highest BCUT2D eigenvalue weighted by Crippen LogP contribution is 2.28. The first kappa shape index (κ1) is 10.2. The summed E-state index contributed by atoms with van der Waals surface area (Å²) in [7, 11) is 1.73. The largest absolute Gasteiger partial charge is 0.458 e. The topological polar surface area (TPSA) is 22.4 Å². The monoisotopic (exact) mass is 204 g/mol. The number of furan rings is 1. The van der Waals surface area contributed by atoms with Crippen molar-refractivity contribution in [1.82, 2.24) is 0 Å². The van der Waals surface area contributed by atoms with Crippen LogP contribution in [0.25, 0.3) is 11.0 Å². The molecule has 15 heavy (non-hydrogen) atoms. The first-order valence-corrected chi connectivity index (χ1v) is 5.36. The summed E-state index contributed by atoms with van der Waals surface area (Å²) in [5.41, 5.74) is 0.936. The molecule has 0 amide bonds. The summed E-state index contributed by atoms with van der Waals surface area (Å²) >= 11 is 0. The smallest absolute Gasteiger partial charge is 0.134 e. The lowest BCUT2D eigenvalue weighted by atomic mass is 10.1. The van der Waals surface area contributed by atoms with Crippen LogP contribution in [0.4, 0.5) is 0 Å². The van der Waals surface area contributed by atoms with Crippen LogP contribution in [0.5, 0.6) is 0 Å². The molecule has 1 aromatic carbocycles. The number of rotatable bonds is 4. The van der Waals surface area contributed by atoms with Gasteiger partial charge in [-0.15, -0.1) is 0 Å². The Morgan fingerprint density at radius 3 is 2.80 bits per heavy atom. The summed E-state index contributed by atoms with van der Waals surface area (Å²) in [5.74, 6) is 0.931. The van der Waals surface area contributed by atoms with Crippen LogP contribution in [0.2, 0.25) is 0 Å². The zero-order valence-electron chi connectivity index (χ0n) is 9.19. The molecule has 2 nitrogen and oxygen atoms in total. The number of ether oxygens (including phenoxy) is 1. The molecule has 80 valence electrons. The van der Waals surface area contributed by atoms with Gasteiger partial charge in [0.25, 0.3) is 0 Å². The van der Waals surface area contributed by atoms with Gasteiger partial charge in [-0.1, -0.05) is 31.5 Å². The Kier molecular flexibility index (Phi) is 3.07. The zero-order chi connectivity index (χ0) is 10.7. The van der Waals surface area contributed by atoms with Crippen molar-refractivity contribution in [3.8, 4) is 0 Å². The van der Waals surface area contributed by atoms with Crippen molar-refractivity contribution < 1.29 is 9.15 Å². The molecule has 1 aromatic heterocycles. The van der Waals surface area contributed by atoms with E-state index in [0.717, 1.165) is 29.6 Å². The van der Waals surface area contributed by atoms with Gasteiger partial charge in [-0.25, -0.2) is 0 Å². The van der Waals surface area contributed by atoms with E-state index in [4.69, 9.17) is 9.15 Å². The van der Waals surface area contributed by atoms with Gasteiger partial charge in [0, 0.05) is 12.5 Å². The highest BCUT2D eigenvalue weighted by atomic mass is 16.5. The fourth-order valence-electron chi connectivity index (χ4n) is 1.80. The molecule has 0 N–H and O–H groups in total. The van der Waals surface area contributed by atoms with Gasteiger partial charge < -0.3 is 9.15 Å². The van der Waals surface area contributed by atoms with Crippen molar-refractivity contribution in [2.45, 2.75) is 25.9 Å². The third kappa shape index (κ3) is 2.05. The number of benzene rings is 1. The van der Waals surface area contributed by atoms with Gasteiger partial charge in [0.05, 0.1) is 0 Å². The van der Waals surface area contributed by atoms with E-state index in [-0.39, 0.29) is 6.10 Å². The van der Waals surface area contributed by atoms with E-state index in [1.807, 2.05) is 18.2 Å². The molecule has 1 heterocycles. The summed E-state index contributed by atoms with van der Waals surface area (Å²) in [4.78, 5) is 0. The lowest BCUT2D eigenvalue weighted by Gasteiger charge is -2.10. The van der Waals surface area contributed by atoms with E-state index in [1.165, 1.54) is 0 Å². The maximum absolute atomic E-state index is 5.75. The molecule has 0 spiro atoms. The average molecular weight is 204 g/mol. The van der Waals surface area contributed by atoms with Crippen molar-refractivity contribution in [3.63, 3.8) is 0 Å². The highest BCUT2D eigenvalue weighted by Gasteiger charge is 2.14. The van der Waals surface area contributed by atoms with Crippen molar-refractivity contribution in [2.75, 3.05) is 7.11 Å². The Hall–Kier alpha value is -1.28. The minimum absolute atomic E-state index is 0.0856. The van der Waals surface area contributed by atoms with E-state index in [1.54, 1.807) is 7.11 Å². The number of hydrogen-bond donors (Lipinski definition) is 0. The maximum Gasteiger partial charge on any atom is 0.134 e. The van der Waals surface area contributed by atoms with Gasteiger partial charge >= 0.3 is 0 Å². The maximum atomic E-state index is 5.75. The molecular weight excluding hydrogens is 188 g/mol. The van der Waals surface area contributed by atoms with Crippen LogP contribution < -0.4 is 0 Å². The second kappa shape index (κ2) is 4.49. The van der Waals surface area contributed by atoms with Crippen LogP contribution in [0.15, 0.2) is 34.7 Å². The lowest BCUT2D eigenvalue weighted by molar-refractivity contribution is 0.0775. The van der Waals surface area contributed by atoms with Gasteiger partial charge in [-0.2, -0.15) is 0 Å². The molecule has 2 aromatic rings. The zero-order valence-corrected chi connectivity index (χ0v) is 9.19. The van der Waals surface area contributed by atoms with Crippen molar-refractivity contribution in [1.29, 1.82) is 0 Å². The van der Waals surface area contributed by atoms with Gasteiger partial charge in [-0.3, -0.25) is 0 Å². The molecular formula is C13H16O2. The fraction of sp³-hybridized carbons (Fsp3) is 0.385. The van der Waals surface area contributed by atoms with E-state index < -0.39 is 0 Å². The predicted octanol–water partition coefficient (Wildman–Crippen LogP) is 3.92. The summed E-state index contributed by atoms with van der Waals surface area (Å²) in [5, 5.41) is 1.14. The van der Waals surface area contributed by atoms with E-state index in [9.17, 15) is 0 Å². The molecule has 0 aliphatic carbocycles. The second-order valence-electron chi connectivity index (χ2n) is 3.70. The number of fused-ring (bicyclic) bond motifs is 1. The summed E-state index contributed by atoms with van der Waals surface area (Å²) < 4.78 is 11.2. The van der Waals surface area contributed by atoms with Crippen LogP contribution in [0.1, 0.15) is 31.6 Å². The van der Waals surface area contributed by atoms with Crippen molar-refractivity contribution in [3.05, 3.63) is 36.1 Å². The summed E-state index contributed by atoms with van der Waals surface area (Å²) in [6, 6.07) is 10.1. The quantitative estimate of drug-likeness (QED) is 0.753. The summed E-state index contributed by atoms with van der Waals surface area (Å²) in [6.45, 7) is 2.15.